The van der Waals surface area contributed by atoms with Crippen molar-refractivity contribution < 1.29 is 14.6 Å². The van der Waals surface area contributed by atoms with E-state index in [-0.39, 0.29) is 6.10 Å². The smallest absolute Gasteiger partial charge is 0.147 e. The van der Waals surface area contributed by atoms with Crippen molar-refractivity contribution in [3.63, 3.8) is 0 Å². The molecular formula is C17H30N4O3. The van der Waals surface area contributed by atoms with Gasteiger partial charge in [-0.3, -0.25) is 4.90 Å². The number of aryl methyl sites for hydroxylation is 2. The molecule has 136 valence electrons. The molecule has 3 heterocycles. The van der Waals surface area contributed by atoms with Gasteiger partial charge in [-0.2, -0.15) is 5.10 Å². The van der Waals surface area contributed by atoms with Crippen molar-refractivity contribution in [1.82, 2.24) is 19.7 Å². The maximum Gasteiger partial charge on any atom is 0.147 e. The van der Waals surface area contributed by atoms with E-state index < -0.39 is 6.10 Å². The van der Waals surface area contributed by atoms with E-state index in [9.17, 15) is 5.11 Å². The lowest BCUT2D eigenvalue weighted by Gasteiger charge is -2.27. The van der Waals surface area contributed by atoms with E-state index in [2.05, 4.69) is 15.0 Å². The minimum Gasteiger partial charge on any atom is -0.389 e. The maximum atomic E-state index is 10.3. The molecule has 2 aliphatic heterocycles. The van der Waals surface area contributed by atoms with Crippen LogP contribution in [0.4, 0.5) is 0 Å². The lowest BCUT2D eigenvalue weighted by molar-refractivity contribution is -0.0266. The molecule has 0 radical (unpaired) electrons. The summed E-state index contributed by atoms with van der Waals surface area (Å²) in [7, 11) is 0. The second-order valence-corrected chi connectivity index (χ2v) is 7.01. The number of likely N-dealkylation sites (tertiary alicyclic amines) is 1. The summed E-state index contributed by atoms with van der Waals surface area (Å²) in [6.07, 6.45) is 4.26. The summed E-state index contributed by atoms with van der Waals surface area (Å²) in [4.78, 5) is 6.73. The normalized spacial score (nSPS) is 26.3. The average Bonchev–Trinajstić information content (AvgIpc) is 3.24. The van der Waals surface area contributed by atoms with Gasteiger partial charge in [-0.05, 0) is 46.1 Å². The number of rotatable bonds is 8. The van der Waals surface area contributed by atoms with E-state index in [0.29, 0.717) is 25.8 Å². The Labute approximate surface area is 144 Å². The summed E-state index contributed by atoms with van der Waals surface area (Å²) < 4.78 is 13.2. The van der Waals surface area contributed by atoms with Crippen LogP contribution in [0.2, 0.25) is 0 Å². The number of hydrogen-bond acceptors (Lipinski definition) is 6. The zero-order valence-electron chi connectivity index (χ0n) is 14.9. The Hall–Kier alpha value is -1.02. The van der Waals surface area contributed by atoms with E-state index in [1.54, 1.807) is 0 Å². The van der Waals surface area contributed by atoms with E-state index in [4.69, 9.17) is 9.47 Å². The minimum atomic E-state index is -0.453. The lowest BCUT2D eigenvalue weighted by atomic mass is 10.2. The fourth-order valence-corrected chi connectivity index (χ4v) is 3.71. The highest BCUT2D eigenvalue weighted by Crippen LogP contribution is 2.19. The number of β-amino-alcohol motifs (C(OH)–C–C–N with tert-alkyl or cyclic N) is 1. The summed E-state index contributed by atoms with van der Waals surface area (Å²) >= 11 is 0. The minimum absolute atomic E-state index is 0.218. The van der Waals surface area contributed by atoms with Crippen LogP contribution in [0.5, 0.6) is 0 Å². The number of ether oxygens (including phenoxy) is 2. The predicted molar refractivity (Wildman–Crippen MR) is 89.9 cm³/mol. The quantitative estimate of drug-likeness (QED) is 0.760. The second-order valence-electron chi connectivity index (χ2n) is 7.01. The van der Waals surface area contributed by atoms with Gasteiger partial charge in [-0.15, -0.1) is 0 Å². The first-order chi connectivity index (χ1) is 11.6. The van der Waals surface area contributed by atoms with Crippen LogP contribution in [0.15, 0.2) is 0 Å². The lowest BCUT2D eigenvalue weighted by Crippen LogP contribution is -2.40. The number of aliphatic hydroxyl groups excluding tert-OH is 1. The van der Waals surface area contributed by atoms with Crippen LogP contribution in [0.1, 0.15) is 37.3 Å². The molecule has 3 rings (SSSR count). The maximum absolute atomic E-state index is 10.3. The molecule has 0 spiro atoms. The summed E-state index contributed by atoms with van der Waals surface area (Å²) in [5, 5.41) is 14.7. The van der Waals surface area contributed by atoms with Crippen molar-refractivity contribution in [3.8, 4) is 0 Å². The van der Waals surface area contributed by atoms with Crippen molar-refractivity contribution in [3.05, 3.63) is 11.6 Å². The molecule has 0 amide bonds. The Morgan fingerprint density at radius 2 is 2.21 bits per heavy atom. The molecule has 0 saturated carbocycles. The van der Waals surface area contributed by atoms with Gasteiger partial charge in [0, 0.05) is 19.2 Å². The van der Waals surface area contributed by atoms with Crippen LogP contribution in [-0.2, 0) is 16.0 Å². The van der Waals surface area contributed by atoms with E-state index in [0.717, 1.165) is 50.6 Å². The fraction of sp³-hybridized carbons (Fsp3) is 0.882. The summed E-state index contributed by atoms with van der Waals surface area (Å²) in [5.41, 5.74) is 0. The summed E-state index contributed by atoms with van der Waals surface area (Å²) in [6.45, 7) is 8.26. The van der Waals surface area contributed by atoms with Gasteiger partial charge in [0.15, 0.2) is 0 Å². The molecule has 1 aromatic rings. The molecule has 7 heteroatoms. The van der Waals surface area contributed by atoms with Gasteiger partial charge in [-0.25, -0.2) is 9.67 Å². The van der Waals surface area contributed by atoms with Crippen LogP contribution in [0.25, 0.3) is 0 Å². The second kappa shape index (κ2) is 8.38. The molecular weight excluding hydrogens is 308 g/mol. The fourth-order valence-electron chi connectivity index (χ4n) is 3.71. The van der Waals surface area contributed by atoms with Crippen molar-refractivity contribution in [1.29, 1.82) is 0 Å². The Balaban J connectivity index is 1.42. The average molecular weight is 338 g/mol. The van der Waals surface area contributed by atoms with Crippen molar-refractivity contribution in [2.45, 2.75) is 64.3 Å². The van der Waals surface area contributed by atoms with Crippen LogP contribution in [-0.4, -0.2) is 75.9 Å². The van der Waals surface area contributed by atoms with E-state index in [1.807, 2.05) is 18.5 Å². The number of hydrogen-bond donors (Lipinski definition) is 1. The summed E-state index contributed by atoms with van der Waals surface area (Å²) in [6, 6.07) is 0.414. The van der Waals surface area contributed by atoms with Gasteiger partial charge in [-0.1, -0.05) is 0 Å². The van der Waals surface area contributed by atoms with Gasteiger partial charge >= 0.3 is 0 Å². The molecule has 3 atom stereocenters. The number of aromatic nitrogens is 3. The van der Waals surface area contributed by atoms with Crippen LogP contribution in [0.3, 0.4) is 0 Å². The molecule has 1 aromatic heterocycles. The van der Waals surface area contributed by atoms with E-state index in [1.165, 1.54) is 6.42 Å². The molecule has 0 aliphatic carbocycles. The third kappa shape index (κ3) is 4.75. The van der Waals surface area contributed by atoms with Crippen molar-refractivity contribution in [2.75, 3.05) is 32.9 Å². The largest absolute Gasteiger partial charge is 0.389 e. The standard InChI is InChI=1S/C17H30N4O3/c1-13-18-14(2)21(19-13)9-15-5-3-7-20(15)10-16(22)11-23-12-17-6-4-8-24-17/h15-17,22H,3-12H2,1-2H3/t15-,16-,17+/m0/s1. The first kappa shape index (κ1) is 17.8. The topological polar surface area (TPSA) is 72.6 Å². The Kier molecular flexibility index (Phi) is 6.21. The van der Waals surface area contributed by atoms with Crippen LogP contribution < -0.4 is 0 Å². The van der Waals surface area contributed by atoms with Gasteiger partial charge < -0.3 is 14.6 Å². The SMILES string of the molecule is Cc1nc(C)n(C[C@@H]2CCCN2C[C@H](O)COC[C@H]2CCCO2)n1. The monoisotopic (exact) mass is 338 g/mol. The van der Waals surface area contributed by atoms with E-state index >= 15 is 0 Å². The first-order valence-corrected chi connectivity index (χ1v) is 9.11. The van der Waals surface area contributed by atoms with Gasteiger partial charge in [0.05, 0.1) is 32.0 Å². The van der Waals surface area contributed by atoms with Gasteiger partial charge in [0.2, 0.25) is 0 Å². The molecule has 2 aliphatic rings. The van der Waals surface area contributed by atoms with Gasteiger partial charge in [0.25, 0.3) is 0 Å². The van der Waals surface area contributed by atoms with Crippen molar-refractivity contribution in [2.24, 2.45) is 0 Å². The third-order valence-electron chi connectivity index (χ3n) is 4.93. The molecule has 0 bridgehead atoms. The van der Waals surface area contributed by atoms with Gasteiger partial charge in [0.1, 0.15) is 11.6 Å². The molecule has 0 unspecified atom stereocenters. The zero-order chi connectivity index (χ0) is 16.9. The molecule has 2 saturated heterocycles. The molecule has 2 fully saturated rings. The predicted octanol–water partition coefficient (Wildman–Crippen LogP) is 0.916. The highest BCUT2D eigenvalue weighted by molar-refractivity contribution is 4.90. The Bertz CT molecular complexity index is 516. The van der Waals surface area contributed by atoms with Crippen LogP contribution in [0, 0.1) is 13.8 Å². The summed E-state index contributed by atoms with van der Waals surface area (Å²) in [5.74, 6) is 1.78. The Morgan fingerprint density at radius 3 is 2.92 bits per heavy atom. The first-order valence-electron chi connectivity index (χ1n) is 9.11. The Morgan fingerprint density at radius 1 is 1.33 bits per heavy atom. The zero-order valence-corrected chi connectivity index (χ0v) is 14.9. The molecule has 7 nitrogen and oxygen atoms in total. The highest BCUT2D eigenvalue weighted by atomic mass is 16.5. The third-order valence-corrected chi connectivity index (χ3v) is 4.93. The number of aliphatic hydroxyl groups is 1. The molecule has 0 aromatic carbocycles. The number of nitrogens with zero attached hydrogens (tertiary/aromatic N) is 4. The van der Waals surface area contributed by atoms with Crippen molar-refractivity contribution >= 4 is 0 Å². The van der Waals surface area contributed by atoms with Crippen LogP contribution >= 0.6 is 0 Å². The molecule has 24 heavy (non-hydrogen) atoms. The molecule has 1 N–H and O–H groups in total. The highest BCUT2D eigenvalue weighted by Gasteiger charge is 2.27.